The van der Waals surface area contributed by atoms with Gasteiger partial charge in [-0.2, -0.15) is 0 Å². The number of nitrogens with two attached hydrogens (primary N) is 1. The van der Waals surface area contributed by atoms with E-state index in [2.05, 4.69) is 10.6 Å². The minimum atomic E-state index is -0.244. The summed E-state index contributed by atoms with van der Waals surface area (Å²) in [4.78, 5) is 12.8. The van der Waals surface area contributed by atoms with E-state index in [1.54, 1.807) is 32.4 Å². The molecule has 7 nitrogen and oxygen atoms in total. The highest BCUT2D eigenvalue weighted by molar-refractivity contribution is 5.96. The first kappa shape index (κ1) is 22.7. The average molecular weight is 433 g/mol. The summed E-state index contributed by atoms with van der Waals surface area (Å²) in [5.74, 6) is 0.921. The van der Waals surface area contributed by atoms with Crippen molar-refractivity contribution in [3.05, 3.63) is 88.5 Å². The summed E-state index contributed by atoms with van der Waals surface area (Å²) < 4.78 is 10.7. The Bertz CT molecular complexity index is 1090. The van der Waals surface area contributed by atoms with Crippen LogP contribution in [0.15, 0.2) is 60.7 Å². The molecule has 0 atom stereocenters. The first-order valence-corrected chi connectivity index (χ1v) is 10.2. The number of carbonyl (C=O) groups is 1. The molecule has 0 aliphatic heterocycles. The van der Waals surface area contributed by atoms with E-state index in [1.807, 2.05) is 49.4 Å². The molecule has 3 aromatic carbocycles. The number of rotatable bonds is 9. The van der Waals surface area contributed by atoms with Crippen LogP contribution in [-0.2, 0) is 13.1 Å². The Balaban J connectivity index is 1.79. The number of methoxy groups -OCH3 is 2. The lowest BCUT2D eigenvalue weighted by Crippen LogP contribution is -2.24. The summed E-state index contributed by atoms with van der Waals surface area (Å²) in [6.07, 6.45) is 0. The van der Waals surface area contributed by atoms with Crippen molar-refractivity contribution >= 4 is 17.4 Å². The molecular formula is C25H28N4O3. The van der Waals surface area contributed by atoms with Gasteiger partial charge in [-0.1, -0.05) is 42.5 Å². The van der Waals surface area contributed by atoms with Crippen LogP contribution in [0.1, 0.15) is 32.6 Å². The third kappa shape index (κ3) is 5.37. The van der Waals surface area contributed by atoms with E-state index >= 15 is 0 Å². The van der Waals surface area contributed by atoms with E-state index < -0.39 is 0 Å². The lowest BCUT2D eigenvalue weighted by atomic mass is 10.1. The second-order valence-corrected chi connectivity index (χ2v) is 7.31. The summed E-state index contributed by atoms with van der Waals surface area (Å²) in [6, 6.07) is 18.8. The largest absolute Gasteiger partial charge is 0.496 e. The van der Waals surface area contributed by atoms with Crippen molar-refractivity contribution in [1.29, 1.82) is 5.41 Å². The second kappa shape index (κ2) is 10.3. The summed E-state index contributed by atoms with van der Waals surface area (Å²) in [7, 11) is 3.12. The Morgan fingerprint density at radius 3 is 2.19 bits per heavy atom. The van der Waals surface area contributed by atoms with Gasteiger partial charge in [0.15, 0.2) is 0 Å². The maximum atomic E-state index is 12.8. The van der Waals surface area contributed by atoms with Crippen LogP contribution >= 0.6 is 0 Å². The summed E-state index contributed by atoms with van der Waals surface area (Å²) in [5, 5.41) is 14.1. The van der Waals surface area contributed by atoms with Crippen molar-refractivity contribution in [2.75, 3.05) is 19.5 Å². The van der Waals surface area contributed by atoms with Gasteiger partial charge in [0.25, 0.3) is 5.91 Å². The van der Waals surface area contributed by atoms with Crippen molar-refractivity contribution < 1.29 is 14.3 Å². The molecule has 0 unspecified atom stereocenters. The van der Waals surface area contributed by atoms with Gasteiger partial charge < -0.3 is 25.8 Å². The smallest absolute Gasteiger partial charge is 0.251 e. The normalized spacial score (nSPS) is 10.3. The van der Waals surface area contributed by atoms with Crippen LogP contribution < -0.4 is 25.8 Å². The third-order valence-corrected chi connectivity index (χ3v) is 5.20. The lowest BCUT2D eigenvalue weighted by Gasteiger charge is -2.16. The molecule has 166 valence electrons. The highest BCUT2D eigenvalue weighted by Crippen LogP contribution is 2.29. The summed E-state index contributed by atoms with van der Waals surface area (Å²) in [6.45, 7) is 2.78. The molecule has 0 saturated heterocycles. The lowest BCUT2D eigenvalue weighted by molar-refractivity contribution is 0.0950. The molecule has 0 radical (unpaired) electrons. The molecule has 32 heavy (non-hydrogen) atoms. The van der Waals surface area contributed by atoms with Gasteiger partial charge >= 0.3 is 0 Å². The van der Waals surface area contributed by atoms with Crippen molar-refractivity contribution in [3.8, 4) is 11.5 Å². The quantitative estimate of drug-likeness (QED) is 0.303. The van der Waals surface area contributed by atoms with Gasteiger partial charge in [0.1, 0.15) is 17.3 Å². The van der Waals surface area contributed by atoms with Crippen molar-refractivity contribution in [2.45, 2.75) is 20.0 Å². The van der Waals surface area contributed by atoms with E-state index in [0.29, 0.717) is 35.7 Å². The molecule has 0 aromatic heterocycles. The van der Waals surface area contributed by atoms with E-state index in [0.717, 1.165) is 22.4 Å². The van der Waals surface area contributed by atoms with E-state index in [4.69, 9.17) is 20.6 Å². The van der Waals surface area contributed by atoms with E-state index in [9.17, 15) is 4.79 Å². The maximum Gasteiger partial charge on any atom is 0.251 e. The highest BCUT2D eigenvalue weighted by atomic mass is 16.5. The zero-order valence-electron chi connectivity index (χ0n) is 18.5. The Kier molecular flexibility index (Phi) is 7.33. The fourth-order valence-electron chi connectivity index (χ4n) is 3.35. The number of ether oxygens (including phenoxy) is 2. The van der Waals surface area contributed by atoms with Crippen LogP contribution in [0.3, 0.4) is 0 Å². The number of carbonyl (C=O) groups excluding carboxylic acids is 1. The predicted molar refractivity (Wildman–Crippen MR) is 127 cm³/mol. The molecule has 0 bridgehead atoms. The molecule has 7 heteroatoms. The van der Waals surface area contributed by atoms with Crippen molar-refractivity contribution in [2.24, 2.45) is 5.73 Å². The molecule has 0 heterocycles. The molecular weight excluding hydrogens is 404 g/mol. The summed E-state index contributed by atoms with van der Waals surface area (Å²) >= 11 is 0. The summed E-state index contributed by atoms with van der Waals surface area (Å²) in [5.41, 5.74) is 10.4. The van der Waals surface area contributed by atoms with Gasteiger partial charge in [0, 0.05) is 35.5 Å². The Hall–Kier alpha value is -4.00. The minimum Gasteiger partial charge on any atom is -0.496 e. The SMILES string of the molecule is COc1cc(C(=O)NCc2ccc(C(=N)N)cc2NCc2ccccc2)cc(OC)c1C. The number of hydrogen-bond donors (Lipinski definition) is 4. The average Bonchev–Trinajstić information content (AvgIpc) is 2.82. The van der Waals surface area contributed by atoms with E-state index in [-0.39, 0.29) is 11.7 Å². The maximum absolute atomic E-state index is 12.8. The topological polar surface area (TPSA) is 109 Å². The van der Waals surface area contributed by atoms with Crippen LogP contribution in [-0.4, -0.2) is 26.0 Å². The zero-order valence-corrected chi connectivity index (χ0v) is 18.5. The number of anilines is 1. The van der Waals surface area contributed by atoms with Crippen molar-refractivity contribution in [1.82, 2.24) is 5.32 Å². The van der Waals surface area contributed by atoms with Crippen LogP contribution in [0, 0.1) is 12.3 Å². The van der Waals surface area contributed by atoms with Gasteiger partial charge in [-0.25, -0.2) is 0 Å². The number of nitrogen functional groups attached to an aromatic ring is 1. The zero-order chi connectivity index (χ0) is 23.1. The molecule has 3 aromatic rings. The Morgan fingerprint density at radius 1 is 0.938 bits per heavy atom. The Morgan fingerprint density at radius 2 is 1.59 bits per heavy atom. The Labute approximate surface area is 188 Å². The van der Waals surface area contributed by atoms with Gasteiger partial charge in [0.2, 0.25) is 0 Å². The van der Waals surface area contributed by atoms with Gasteiger partial charge in [0.05, 0.1) is 14.2 Å². The standard InChI is InChI=1S/C25H28N4O3/c1-16-22(31-2)12-20(13-23(16)32-3)25(30)29-15-19-10-9-18(24(26)27)11-21(19)28-14-17-7-5-4-6-8-17/h4-13,28H,14-15H2,1-3H3,(H3,26,27)(H,29,30). The van der Waals surface area contributed by atoms with Gasteiger partial charge in [-0.15, -0.1) is 0 Å². The van der Waals surface area contributed by atoms with Crippen molar-refractivity contribution in [3.63, 3.8) is 0 Å². The number of hydrogen-bond acceptors (Lipinski definition) is 5. The third-order valence-electron chi connectivity index (χ3n) is 5.20. The molecule has 0 fully saturated rings. The first-order valence-electron chi connectivity index (χ1n) is 10.2. The number of amidine groups is 1. The van der Waals surface area contributed by atoms with Gasteiger partial charge in [-0.05, 0) is 36.2 Å². The second-order valence-electron chi connectivity index (χ2n) is 7.31. The van der Waals surface area contributed by atoms with Gasteiger partial charge in [-0.3, -0.25) is 10.2 Å². The number of benzene rings is 3. The fourth-order valence-corrected chi connectivity index (χ4v) is 3.35. The van der Waals surface area contributed by atoms with Crippen LogP contribution in [0.4, 0.5) is 5.69 Å². The van der Waals surface area contributed by atoms with E-state index in [1.165, 1.54) is 0 Å². The number of nitrogens with one attached hydrogen (secondary N) is 3. The molecule has 0 aliphatic carbocycles. The number of amides is 1. The monoisotopic (exact) mass is 432 g/mol. The molecule has 5 N–H and O–H groups in total. The fraction of sp³-hybridized carbons (Fsp3) is 0.200. The first-order chi connectivity index (χ1) is 15.4. The molecule has 0 spiro atoms. The van der Waals surface area contributed by atoms with Crippen LogP contribution in [0.25, 0.3) is 0 Å². The molecule has 0 saturated carbocycles. The highest BCUT2D eigenvalue weighted by Gasteiger charge is 2.14. The van der Waals surface area contributed by atoms with Crippen LogP contribution in [0.2, 0.25) is 0 Å². The molecule has 1 amide bonds. The molecule has 0 aliphatic rings. The predicted octanol–water partition coefficient (Wildman–Crippen LogP) is 3.84. The molecule has 3 rings (SSSR count). The minimum absolute atomic E-state index is 0.0119. The van der Waals surface area contributed by atoms with Crippen LogP contribution in [0.5, 0.6) is 11.5 Å².